The molecule has 0 saturated heterocycles. The molecule has 0 unspecified atom stereocenters. The van der Waals surface area contributed by atoms with Crippen LogP contribution in [-0.2, 0) is 10.0 Å². The lowest BCUT2D eigenvalue weighted by molar-refractivity contribution is -0.385. The van der Waals surface area contributed by atoms with Gasteiger partial charge in [-0.3, -0.25) is 14.9 Å². The molecule has 1 aliphatic carbocycles. The zero-order valence-corrected chi connectivity index (χ0v) is 14.7. The molecule has 9 heteroatoms. The molecule has 1 amide bonds. The molecule has 2 N–H and O–H groups in total. The van der Waals surface area contributed by atoms with Crippen molar-refractivity contribution in [3.8, 4) is 0 Å². The smallest absolute Gasteiger partial charge is 0.274 e. The Hall–Kier alpha value is -2.78. The molecule has 8 nitrogen and oxygen atoms in total. The Morgan fingerprint density at radius 3 is 2.38 bits per heavy atom. The molecule has 0 aromatic heterocycles. The van der Waals surface area contributed by atoms with Gasteiger partial charge in [0.1, 0.15) is 0 Å². The van der Waals surface area contributed by atoms with E-state index >= 15 is 0 Å². The maximum atomic E-state index is 12.3. The van der Waals surface area contributed by atoms with Crippen molar-refractivity contribution < 1.29 is 18.1 Å². The van der Waals surface area contributed by atoms with Crippen LogP contribution in [0.1, 0.15) is 28.8 Å². The Morgan fingerprint density at radius 1 is 1.15 bits per heavy atom. The van der Waals surface area contributed by atoms with Crippen LogP contribution in [0.3, 0.4) is 0 Å². The normalized spacial score (nSPS) is 14.0. The minimum absolute atomic E-state index is 0.000281. The van der Waals surface area contributed by atoms with E-state index in [1.54, 1.807) is 19.1 Å². The summed E-state index contributed by atoms with van der Waals surface area (Å²) in [6.45, 7) is 1.61. The van der Waals surface area contributed by atoms with Gasteiger partial charge in [0.2, 0.25) is 10.0 Å². The lowest BCUT2D eigenvalue weighted by Gasteiger charge is -2.08. The topological polar surface area (TPSA) is 118 Å². The first-order valence-corrected chi connectivity index (χ1v) is 9.43. The first-order valence-electron chi connectivity index (χ1n) is 7.95. The van der Waals surface area contributed by atoms with E-state index in [-0.39, 0.29) is 22.2 Å². The van der Waals surface area contributed by atoms with Gasteiger partial charge in [0, 0.05) is 28.9 Å². The van der Waals surface area contributed by atoms with E-state index in [4.69, 9.17) is 0 Å². The third-order valence-electron chi connectivity index (χ3n) is 3.99. The van der Waals surface area contributed by atoms with Crippen LogP contribution >= 0.6 is 0 Å². The second-order valence-corrected chi connectivity index (χ2v) is 7.85. The highest BCUT2D eigenvalue weighted by atomic mass is 32.2. The maximum absolute atomic E-state index is 12.3. The van der Waals surface area contributed by atoms with Crippen molar-refractivity contribution in [2.45, 2.75) is 30.7 Å². The third kappa shape index (κ3) is 4.06. The van der Waals surface area contributed by atoms with Crippen molar-refractivity contribution in [2.24, 2.45) is 0 Å². The van der Waals surface area contributed by atoms with Crippen molar-refractivity contribution in [1.82, 2.24) is 4.72 Å². The second-order valence-electron chi connectivity index (χ2n) is 6.13. The summed E-state index contributed by atoms with van der Waals surface area (Å²) in [5.41, 5.74) is 0.944. The van der Waals surface area contributed by atoms with Gasteiger partial charge in [-0.05, 0) is 50.1 Å². The quantitative estimate of drug-likeness (QED) is 0.594. The standard InChI is InChI=1S/C17H17N3O5S/c1-11-2-5-14(10-16(11)20(22)23)18-17(21)12-3-8-15(9-4-12)26(24,25)19-13-6-7-13/h2-5,8-10,13,19H,6-7H2,1H3,(H,18,21). The fourth-order valence-corrected chi connectivity index (χ4v) is 3.67. The van der Waals surface area contributed by atoms with Crippen LogP contribution in [0.25, 0.3) is 0 Å². The van der Waals surface area contributed by atoms with Gasteiger partial charge < -0.3 is 5.32 Å². The molecule has 2 aromatic rings. The number of carbonyl (C=O) groups excluding carboxylic acids is 1. The van der Waals surface area contributed by atoms with Gasteiger partial charge in [-0.25, -0.2) is 13.1 Å². The van der Waals surface area contributed by atoms with E-state index in [9.17, 15) is 23.3 Å². The number of carbonyl (C=O) groups is 1. The van der Waals surface area contributed by atoms with Gasteiger partial charge in [-0.2, -0.15) is 0 Å². The summed E-state index contributed by atoms with van der Waals surface area (Å²) in [5, 5.41) is 13.5. The number of sulfonamides is 1. The number of nitro groups is 1. The molecule has 1 aliphatic rings. The highest BCUT2D eigenvalue weighted by molar-refractivity contribution is 7.89. The molecular weight excluding hydrogens is 358 g/mol. The van der Waals surface area contributed by atoms with Crippen LogP contribution in [0.15, 0.2) is 47.4 Å². The van der Waals surface area contributed by atoms with Gasteiger partial charge in [-0.1, -0.05) is 6.07 Å². The van der Waals surface area contributed by atoms with Gasteiger partial charge in [0.05, 0.1) is 9.82 Å². The molecule has 26 heavy (non-hydrogen) atoms. The maximum Gasteiger partial charge on any atom is 0.274 e. The molecule has 1 fully saturated rings. The van der Waals surface area contributed by atoms with Crippen LogP contribution in [0.5, 0.6) is 0 Å². The fourth-order valence-electron chi connectivity index (χ4n) is 2.36. The highest BCUT2D eigenvalue weighted by Crippen LogP contribution is 2.24. The Kier molecular flexibility index (Phi) is 4.75. The van der Waals surface area contributed by atoms with Crippen molar-refractivity contribution in [3.05, 3.63) is 63.7 Å². The molecule has 0 bridgehead atoms. The predicted octanol–water partition coefficient (Wildman–Crippen LogP) is 2.60. The molecular formula is C17H17N3O5S. The summed E-state index contributed by atoms with van der Waals surface area (Å²) < 4.78 is 26.8. The zero-order valence-electron chi connectivity index (χ0n) is 13.9. The van der Waals surface area contributed by atoms with Crippen LogP contribution in [0.4, 0.5) is 11.4 Å². The third-order valence-corrected chi connectivity index (χ3v) is 5.53. The minimum Gasteiger partial charge on any atom is -0.322 e. The van der Waals surface area contributed by atoms with E-state index in [0.717, 1.165) is 12.8 Å². The zero-order chi connectivity index (χ0) is 18.9. The molecule has 0 radical (unpaired) electrons. The number of benzene rings is 2. The largest absolute Gasteiger partial charge is 0.322 e. The van der Waals surface area contributed by atoms with Crippen LogP contribution in [0.2, 0.25) is 0 Å². The Balaban J connectivity index is 1.74. The molecule has 0 heterocycles. The van der Waals surface area contributed by atoms with E-state index in [1.807, 2.05) is 0 Å². The lowest BCUT2D eigenvalue weighted by atomic mass is 10.1. The number of aryl methyl sites for hydroxylation is 1. The first kappa shape index (κ1) is 18.0. The second kappa shape index (κ2) is 6.85. The molecule has 0 aliphatic heterocycles. The number of amides is 1. The number of nitrogens with one attached hydrogen (secondary N) is 2. The van der Waals surface area contributed by atoms with E-state index in [0.29, 0.717) is 11.3 Å². The average Bonchev–Trinajstić information content (AvgIpc) is 3.39. The van der Waals surface area contributed by atoms with Gasteiger partial charge in [0.15, 0.2) is 0 Å². The van der Waals surface area contributed by atoms with Gasteiger partial charge >= 0.3 is 0 Å². The number of hydrogen-bond donors (Lipinski definition) is 2. The molecule has 0 atom stereocenters. The van der Waals surface area contributed by atoms with Crippen molar-refractivity contribution >= 4 is 27.3 Å². The summed E-state index contributed by atoms with van der Waals surface area (Å²) in [4.78, 5) is 22.8. The monoisotopic (exact) mass is 375 g/mol. The minimum atomic E-state index is -3.57. The SMILES string of the molecule is Cc1ccc(NC(=O)c2ccc(S(=O)(=O)NC3CC3)cc2)cc1[N+](=O)[O-]. The summed E-state index contributed by atoms with van der Waals surface area (Å²) in [5.74, 6) is -0.484. The van der Waals surface area contributed by atoms with Gasteiger partial charge in [0.25, 0.3) is 11.6 Å². The van der Waals surface area contributed by atoms with Crippen molar-refractivity contribution in [1.29, 1.82) is 0 Å². The molecule has 1 saturated carbocycles. The number of anilines is 1. The van der Waals surface area contributed by atoms with Gasteiger partial charge in [-0.15, -0.1) is 0 Å². The Labute approximate surface area is 150 Å². The average molecular weight is 375 g/mol. The number of nitro benzene ring substituents is 1. The first-order chi connectivity index (χ1) is 12.3. The number of rotatable bonds is 6. The van der Waals surface area contributed by atoms with E-state index < -0.39 is 20.9 Å². The van der Waals surface area contributed by atoms with Crippen LogP contribution < -0.4 is 10.0 Å². The van der Waals surface area contributed by atoms with Crippen molar-refractivity contribution in [2.75, 3.05) is 5.32 Å². The molecule has 2 aromatic carbocycles. The molecule has 136 valence electrons. The van der Waals surface area contributed by atoms with Crippen LogP contribution in [0, 0.1) is 17.0 Å². The Morgan fingerprint density at radius 2 is 1.81 bits per heavy atom. The number of nitrogens with zero attached hydrogens (tertiary/aromatic N) is 1. The summed E-state index contributed by atoms with van der Waals surface area (Å²) in [7, 11) is -3.57. The summed E-state index contributed by atoms with van der Waals surface area (Å²) >= 11 is 0. The molecule has 0 spiro atoms. The van der Waals surface area contributed by atoms with E-state index in [2.05, 4.69) is 10.0 Å². The highest BCUT2D eigenvalue weighted by Gasteiger charge is 2.28. The Bertz CT molecular complexity index is 966. The van der Waals surface area contributed by atoms with Crippen LogP contribution in [-0.4, -0.2) is 25.3 Å². The fraction of sp³-hybridized carbons (Fsp3) is 0.235. The lowest BCUT2D eigenvalue weighted by Crippen LogP contribution is -2.25. The number of hydrogen-bond acceptors (Lipinski definition) is 5. The summed E-state index contributed by atoms with van der Waals surface area (Å²) in [6.07, 6.45) is 1.67. The van der Waals surface area contributed by atoms with E-state index in [1.165, 1.54) is 30.3 Å². The summed E-state index contributed by atoms with van der Waals surface area (Å²) in [6, 6.07) is 9.92. The predicted molar refractivity (Wildman–Crippen MR) is 95.6 cm³/mol. The molecule has 3 rings (SSSR count). The van der Waals surface area contributed by atoms with Crippen molar-refractivity contribution in [3.63, 3.8) is 0 Å².